The van der Waals surface area contributed by atoms with Crippen molar-refractivity contribution in [3.8, 4) is 0 Å². The molecule has 0 spiro atoms. The van der Waals surface area contributed by atoms with Crippen LogP contribution in [0.5, 0.6) is 0 Å². The first-order valence-electron chi connectivity index (χ1n) is 1.33. The van der Waals surface area contributed by atoms with E-state index in [1.165, 1.54) is 0 Å². The van der Waals surface area contributed by atoms with E-state index in [2.05, 4.69) is 0 Å². The van der Waals surface area contributed by atoms with Gasteiger partial charge in [0.15, 0.2) is 0 Å². The van der Waals surface area contributed by atoms with Crippen LogP contribution in [0, 0.1) is 0 Å². The fraction of sp³-hybridized carbons (Fsp3) is 0. The Labute approximate surface area is 97.4 Å². The minimum absolute atomic E-state index is 0. The van der Waals surface area contributed by atoms with Gasteiger partial charge in [-0.1, -0.05) is 0 Å². The van der Waals surface area contributed by atoms with Crippen LogP contribution in [0.2, 0.25) is 0 Å². The van der Waals surface area contributed by atoms with E-state index in [9.17, 15) is 0 Å². The molecule has 0 bridgehead atoms. The van der Waals surface area contributed by atoms with Crippen molar-refractivity contribution < 1.29 is 77.2 Å². The Morgan fingerprint density at radius 3 is 0.583 bits per heavy atom. The van der Waals surface area contributed by atoms with E-state index in [0.29, 0.717) is 0 Å². The molecule has 0 heterocycles. The first-order valence-corrected chi connectivity index (χ1v) is 4.00. The molecule has 80 valence electrons. The summed E-state index contributed by atoms with van der Waals surface area (Å²) >= 11 is 0. The molecule has 0 radical (unpaired) electrons. The zero-order valence-corrected chi connectivity index (χ0v) is 10.9. The fourth-order valence-corrected chi connectivity index (χ4v) is 0. The Morgan fingerprint density at radius 1 is 0.583 bits per heavy atom. The molecule has 0 saturated heterocycles. The van der Waals surface area contributed by atoms with Gasteiger partial charge in [-0.3, -0.25) is 16.8 Å². The van der Waals surface area contributed by atoms with Crippen LogP contribution in [0.25, 0.3) is 0 Å². The third-order valence-electron chi connectivity index (χ3n) is 0. The second-order valence-electron chi connectivity index (χ2n) is 0.816. The van der Waals surface area contributed by atoms with Crippen molar-refractivity contribution in [3.63, 3.8) is 0 Å². The van der Waals surface area contributed by atoms with Gasteiger partial charge in [0.05, 0.1) is 0 Å². The molecule has 0 aromatic rings. The Morgan fingerprint density at radius 2 is 0.583 bits per heavy atom. The molecule has 0 aliphatic heterocycles. The quantitative estimate of drug-likeness (QED) is 0.221. The van der Waals surface area contributed by atoms with Gasteiger partial charge in [0.1, 0.15) is 0 Å². The van der Waals surface area contributed by atoms with Crippen molar-refractivity contribution in [3.05, 3.63) is 0 Å². The molecule has 0 saturated carbocycles. The van der Waals surface area contributed by atoms with E-state index >= 15 is 0 Å². The van der Waals surface area contributed by atoms with Gasteiger partial charge in [0.2, 0.25) is 0 Å². The normalized spacial score (nSPS) is 9.67. The topological polar surface area (TPSA) is 161 Å². The number of rotatable bonds is 0. The van der Waals surface area contributed by atoms with Crippen molar-refractivity contribution in [2.45, 2.75) is 0 Å². The van der Waals surface area contributed by atoms with E-state index in [1.807, 2.05) is 0 Å². The average molecular weight is 582 g/mol. The van der Waals surface area contributed by atoms with Crippen molar-refractivity contribution in [1.82, 2.24) is 0 Å². The molecule has 0 amide bonds. The molecule has 12 heavy (non-hydrogen) atoms. The average Bonchev–Trinajstić information content (AvgIpc) is 1.12. The summed E-state index contributed by atoms with van der Waals surface area (Å²) in [4.78, 5) is 0. The molecule has 0 rings (SSSR count). The van der Waals surface area contributed by atoms with Crippen LogP contribution in [-0.4, -0.2) is 35.0 Å². The molecular formula is O8Pt2S2. The van der Waals surface area contributed by atoms with Crippen LogP contribution in [0.1, 0.15) is 0 Å². The summed E-state index contributed by atoms with van der Waals surface area (Å²) in [6, 6.07) is 0. The summed E-state index contributed by atoms with van der Waals surface area (Å²) in [5, 5.41) is 0. The maximum absolute atomic E-state index is 8.52. The maximum atomic E-state index is 8.52. The monoisotopic (exact) mass is 582 g/mol. The van der Waals surface area contributed by atoms with E-state index in [4.69, 9.17) is 35.0 Å². The molecular weight excluding hydrogens is 582 g/mol. The summed E-state index contributed by atoms with van der Waals surface area (Å²) < 4.78 is 68.2. The SMILES string of the molecule is O=S(=O)([O-])[O-].O=S(=O)([O-])[O-].[Pt+2].[Pt+2]. The minimum atomic E-state index is -5.17. The number of hydrogen-bond donors (Lipinski definition) is 0. The van der Waals surface area contributed by atoms with Gasteiger partial charge in [-0.05, 0) is 0 Å². The maximum Gasteiger partial charge on any atom is 2.00 e. The molecule has 0 aliphatic rings. The van der Waals surface area contributed by atoms with Crippen molar-refractivity contribution in [1.29, 1.82) is 0 Å². The molecule has 8 nitrogen and oxygen atoms in total. The first kappa shape index (κ1) is 23.2. The molecule has 0 N–H and O–H groups in total. The Balaban J connectivity index is -0.0000000457. The third-order valence-corrected chi connectivity index (χ3v) is 0. The Hall–Kier alpha value is 1.12. The van der Waals surface area contributed by atoms with Gasteiger partial charge in [0.25, 0.3) is 0 Å². The van der Waals surface area contributed by atoms with Crippen LogP contribution >= 0.6 is 0 Å². The molecule has 12 heteroatoms. The molecule has 0 aliphatic carbocycles. The summed E-state index contributed by atoms with van der Waals surface area (Å²) in [6.45, 7) is 0. The van der Waals surface area contributed by atoms with E-state index < -0.39 is 20.8 Å². The van der Waals surface area contributed by atoms with Crippen LogP contribution in [0.3, 0.4) is 0 Å². The zero-order valence-electron chi connectivity index (χ0n) is 4.71. The van der Waals surface area contributed by atoms with E-state index in [1.54, 1.807) is 0 Å². The van der Waals surface area contributed by atoms with E-state index in [-0.39, 0.29) is 42.1 Å². The van der Waals surface area contributed by atoms with Crippen molar-refractivity contribution in [2.24, 2.45) is 0 Å². The second-order valence-corrected chi connectivity index (χ2v) is 2.45. The fourth-order valence-electron chi connectivity index (χ4n) is 0. The minimum Gasteiger partial charge on any atom is -0.759 e. The summed E-state index contributed by atoms with van der Waals surface area (Å²) in [5.74, 6) is 0. The molecule has 0 fully saturated rings. The van der Waals surface area contributed by atoms with Crippen molar-refractivity contribution >= 4 is 20.8 Å². The number of hydrogen-bond acceptors (Lipinski definition) is 8. The largest absolute Gasteiger partial charge is 2.00 e. The van der Waals surface area contributed by atoms with Gasteiger partial charge in [-0.2, -0.15) is 0 Å². The Bertz CT molecular complexity index is 211. The summed E-state index contributed by atoms with van der Waals surface area (Å²) in [5.41, 5.74) is 0. The predicted octanol–water partition coefficient (Wildman–Crippen LogP) is -2.68. The van der Waals surface area contributed by atoms with Gasteiger partial charge in [-0.25, -0.2) is 0 Å². The smallest absolute Gasteiger partial charge is 0.759 e. The second kappa shape index (κ2) is 8.70. The Kier molecular flexibility index (Phi) is 16.8. The van der Waals surface area contributed by atoms with Gasteiger partial charge < -0.3 is 18.2 Å². The molecule has 0 unspecified atom stereocenters. The summed E-state index contributed by atoms with van der Waals surface area (Å²) in [6.07, 6.45) is 0. The van der Waals surface area contributed by atoms with Crippen LogP contribution in [0.15, 0.2) is 0 Å². The first-order chi connectivity index (χ1) is 4.00. The van der Waals surface area contributed by atoms with Crippen LogP contribution in [0.4, 0.5) is 0 Å². The van der Waals surface area contributed by atoms with Crippen LogP contribution in [-0.2, 0) is 62.9 Å². The zero-order chi connectivity index (χ0) is 9.00. The predicted molar refractivity (Wildman–Crippen MR) is 20.9 cm³/mol. The standard InChI is InChI=1S/2H2O4S.2Pt/c2*1-5(2,3)4;;/h2*(H2,1,2,3,4);;/q;;2*+2/p-4. The third kappa shape index (κ3) is 912. The molecule has 0 atom stereocenters. The van der Waals surface area contributed by atoms with E-state index in [0.717, 1.165) is 0 Å². The summed E-state index contributed by atoms with van der Waals surface area (Å²) in [7, 11) is -10.3. The van der Waals surface area contributed by atoms with Crippen molar-refractivity contribution in [2.75, 3.05) is 0 Å². The molecule has 0 aromatic carbocycles. The van der Waals surface area contributed by atoms with Gasteiger partial charge in [0, 0.05) is 20.8 Å². The van der Waals surface area contributed by atoms with Crippen LogP contribution < -0.4 is 0 Å². The molecule has 0 aromatic heterocycles. The van der Waals surface area contributed by atoms with Gasteiger partial charge in [-0.15, -0.1) is 0 Å². The van der Waals surface area contributed by atoms with Gasteiger partial charge >= 0.3 is 42.1 Å².